The maximum absolute atomic E-state index is 12.2. The minimum atomic E-state index is -0.731. The maximum Gasteiger partial charge on any atom is 0.251 e. The van der Waals surface area contributed by atoms with Crippen LogP contribution in [-0.2, 0) is 0 Å². The number of aliphatic hydroxyl groups excluding tert-OH is 1. The maximum atomic E-state index is 12.2. The summed E-state index contributed by atoms with van der Waals surface area (Å²) < 4.78 is 5.39. The van der Waals surface area contributed by atoms with E-state index in [0.717, 1.165) is 5.56 Å². The van der Waals surface area contributed by atoms with Crippen LogP contribution >= 0.6 is 0 Å². The van der Waals surface area contributed by atoms with Gasteiger partial charge in [-0.1, -0.05) is 44.2 Å². The highest BCUT2D eigenvalue weighted by atomic mass is 16.5. The topological polar surface area (TPSA) is 58.6 Å². The molecule has 0 aliphatic rings. The van der Waals surface area contributed by atoms with Crippen LogP contribution in [0.3, 0.4) is 0 Å². The average Bonchev–Trinajstić information content (AvgIpc) is 2.60. The molecule has 0 aliphatic carbocycles. The van der Waals surface area contributed by atoms with Crippen molar-refractivity contribution in [1.82, 2.24) is 5.32 Å². The van der Waals surface area contributed by atoms with Crippen molar-refractivity contribution >= 4 is 5.91 Å². The molecule has 0 radical (unpaired) electrons. The lowest BCUT2D eigenvalue weighted by molar-refractivity contribution is 0.0916. The van der Waals surface area contributed by atoms with Crippen molar-refractivity contribution in [3.05, 3.63) is 65.2 Å². The molecule has 1 unspecified atom stereocenters. The highest BCUT2D eigenvalue weighted by molar-refractivity contribution is 5.94. The molecule has 0 saturated carbocycles. The van der Waals surface area contributed by atoms with Crippen molar-refractivity contribution in [3.63, 3.8) is 0 Å². The molecule has 0 aliphatic heterocycles. The van der Waals surface area contributed by atoms with E-state index in [4.69, 9.17) is 4.74 Å². The summed E-state index contributed by atoms with van der Waals surface area (Å²) in [6.45, 7) is 6.87. The summed E-state index contributed by atoms with van der Waals surface area (Å²) >= 11 is 0. The number of carbonyl (C=O) groups is 1. The number of hydrogen-bond donors (Lipinski definition) is 2. The van der Waals surface area contributed by atoms with Gasteiger partial charge in [-0.25, -0.2) is 0 Å². The molecular formula is C20H25NO3. The molecule has 0 aromatic heterocycles. The van der Waals surface area contributed by atoms with Crippen LogP contribution in [0.2, 0.25) is 0 Å². The second kappa shape index (κ2) is 8.50. The third-order valence-electron chi connectivity index (χ3n) is 3.85. The van der Waals surface area contributed by atoms with E-state index in [-0.39, 0.29) is 12.5 Å². The number of carbonyl (C=O) groups excluding carboxylic acids is 1. The number of hydrogen-bond acceptors (Lipinski definition) is 3. The fourth-order valence-electron chi connectivity index (χ4n) is 2.41. The molecule has 0 spiro atoms. The van der Waals surface area contributed by atoms with Gasteiger partial charge in [-0.05, 0) is 42.2 Å². The van der Waals surface area contributed by atoms with E-state index >= 15 is 0 Å². The van der Waals surface area contributed by atoms with Gasteiger partial charge < -0.3 is 15.2 Å². The average molecular weight is 327 g/mol. The Bertz CT molecular complexity index is 665. The second-order valence-corrected chi connectivity index (χ2v) is 6.01. The number of amides is 1. The molecule has 0 fully saturated rings. The highest BCUT2D eigenvalue weighted by Gasteiger charge is 2.12. The van der Waals surface area contributed by atoms with Gasteiger partial charge in [-0.3, -0.25) is 4.79 Å². The van der Waals surface area contributed by atoms with Crippen molar-refractivity contribution in [2.75, 3.05) is 13.2 Å². The fraction of sp³-hybridized carbons (Fsp3) is 0.350. The summed E-state index contributed by atoms with van der Waals surface area (Å²) in [5.74, 6) is 0.887. The Kier molecular flexibility index (Phi) is 6.38. The van der Waals surface area contributed by atoms with Gasteiger partial charge in [-0.2, -0.15) is 0 Å². The summed E-state index contributed by atoms with van der Waals surface area (Å²) in [7, 11) is 0. The van der Waals surface area contributed by atoms with E-state index in [1.165, 1.54) is 5.56 Å². The Morgan fingerprint density at radius 3 is 2.42 bits per heavy atom. The molecule has 1 amide bonds. The third kappa shape index (κ3) is 4.83. The van der Waals surface area contributed by atoms with Crippen molar-refractivity contribution in [2.24, 2.45) is 0 Å². The highest BCUT2D eigenvalue weighted by Crippen LogP contribution is 2.19. The quantitative estimate of drug-likeness (QED) is 0.816. The molecule has 4 heteroatoms. The number of ether oxygens (including phenoxy) is 1. The van der Waals surface area contributed by atoms with Gasteiger partial charge in [0.1, 0.15) is 5.75 Å². The largest absolute Gasteiger partial charge is 0.494 e. The zero-order valence-electron chi connectivity index (χ0n) is 14.5. The van der Waals surface area contributed by atoms with Gasteiger partial charge in [0, 0.05) is 12.1 Å². The Morgan fingerprint density at radius 2 is 1.79 bits per heavy atom. The fourth-order valence-corrected chi connectivity index (χ4v) is 2.41. The molecule has 2 aromatic rings. The second-order valence-electron chi connectivity index (χ2n) is 6.01. The molecule has 0 heterocycles. The van der Waals surface area contributed by atoms with Crippen molar-refractivity contribution in [3.8, 4) is 5.75 Å². The zero-order chi connectivity index (χ0) is 17.5. The van der Waals surface area contributed by atoms with Crippen molar-refractivity contribution in [2.45, 2.75) is 32.8 Å². The van der Waals surface area contributed by atoms with E-state index in [2.05, 4.69) is 19.2 Å². The molecule has 128 valence electrons. The molecule has 4 nitrogen and oxygen atoms in total. The number of aliphatic hydroxyl groups is 1. The van der Waals surface area contributed by atoms with Crippen LogP contribution in [0.15, 0.2) is 48.5 Å². The summed E-state index contributed by atoms with van der Waals surface area (Å²) in [4.78, 5) is 12.2. The first-order valence-corrected chi connectivity index (χ1v) is 8.30. The molecule has 24 heavy (non-hydrogen) atoms. The first-order chi connectivity index (χ1) is 11.5. The molecule has 1 atom stereocenters. The predicted octanol–water partition coefficient (Wildman–Crippen LogP) is 3.67. The van der Waals surface area contributed by atoms with Crippen LogP contribution in [0.4, 0.5) is 0 Å². The first-order valence-electron chi connectivity index (χ1n) is 8.30. The van der Waals surface area contributed by atoms with Gasteiger partial charge in [0.15, 0.2) is 0 Å². The molecule has 0 bridgehead atoms. The predicted molar refractivity (Wildman–Crippen MR) is 95.4 cm³/mol. The minimum absolute atomic E-state index is 0.165. The molecule has 0 saturated heterocycles. The Balaban J connectivity index is 1.94. The number of rotatable bonds is 7. The van der Waals surface area contributed by atoms with E-state index in [1.807, 2.05) is 37.3 Å². The van der Waals surface area contributed by atoms with Crippen LogP contribution < -0.4 is 10.1 Å². The lowest BCUT2D eigenvalue weighted by Crippen LogP contribution is -2.28. The SMILES string of the molecule is CCOc1cccc(C(=O)NCC(O)c2ccc(C(C)C)cc2)c1. The zero-order valence-corrected chi connectivity index (χ0v) is 14.5. The monoisotopic (exact) mass is 327 g/mol. The van der Waals surface area contributed by atoms with Gasteiger partial charge in [-0.15, -0.1) is 0 Å². The molecule has 2 aromatic carbocycles. The van der Waals surface area contributed by atoms with Gasteiger partial charge >= 0.3 is 0 Å². The molecular weight excluding hydrogens is 302 g/mol. The summed E-state index contributed by atoms with van der Waals surface area (Å²) in [5.41, 5.74) is 2.54. The Morgan fingerprint density at radius 1 is 1.12 bits per heavy atom. The normalized spacial score (nSPS) is 12.0. The van der Waals surface area contributed by atoms with Crippen LogP contribution in [-0.4, -0.2) is 24.2 Å². The summed E-state index contributed by atoms with van der Waals surface area (Å²) in [6, 6.07) is 14.8. The first kappa shape index (κ1) is 18.0. The van der Waals surface area contributed by atoms with E-state index in [9.17, 15) is 9.90 Å². The van der Waals surface area contributed by atoms with E-state index < -0.39 is 6.10 Å². The molecule has 2 N–H and O–H groups in total. The summed E-state index contributed by atoms with van der Waals surface area (Å²) in [5, 5.41) is 13.0. The summed E-state index contributed by atoms with van der Waals surface area (Å²) in [6.07, 6.45) is -0.731. The van der Waals surface area contributed by atoms with Gasteiger partial charge in [0.2, 0.25) is 0 Å². The smallest absolute Gasteiger partial charge is 0.251 e. The Labute approximate surface area is 143 Å². The van der Waals surface area contributed by atoms with Crippen LogP contribution in [0.25, 0.3) is 0 Å². The van der Waals surface area contributed by atoms with Crippen LogP contribution in [0.5, 0.6) is 5.75 Å². The molecule has 2 rings (SSSR count). The van der Waals surface area contributed by atoms with Gasteiger partial charge in [0.05, 0.1) is 12.7 Å². The van der Waals surface area contributed by atoms with Gasteiger partial charge in [0.25, 0.3) is 5.91 Å². The van der Waals surface area contributed by atoms with Crippen molar-refractivity contribution < 1.29 is 14.6 Å². The minimum Gasteiger partial charge on any atom is -0.494 e. The van der Waals surface area contributed by atoms with E-state index in [0.29, 0.717) is 23.8 Å². The lowest BCUT2D eigenvalue weighted by atomic mass is 10.00. The number of nitrogens with one attached hydrogen (secondary N) is 1. The number of benzene rings is 2. The van der Waals surface area contributed by atoms with Crippen LogP contribution in [0, 0.1) is 0 Å². The van der Waals surface area contributed by atoms with E-state index in [1.54, 1.807) is 18.2 Å². The Hall–Kier alpha value is -2.33. The standard InChI is InChI=1S/C20H25NO3/c1-4-24-18-7-5-6-17(12-18)20(23)21-13-19(22)16-10-8-15(9-11-16)14(2)3/h5-12,14,19,22H,4,13H2,1-3H3,(H,21,23). The van der Waals surface area contributed by atoms with Crippen molar-refractivity contribution in [1.29, 1.82) is 0 Å². The van der Waals surface area contributed by atoms with Crippen LogP contribution in [0.1, 0.15) is 54.3 Å². The third-order valence-corrected chi connectivity index (χ3v) is 3.85. The lowest BCUT2D eigenvalue weighted by Gasteiger charge is -2.14.